The van der Waals surface area contributed by atoms with Crippen molar-refractivity contribution in [2.24, 2.45) is 0 Å². The van der Waals surface area contributed by atoms with Crippen molar-refractivity contribution in [3.8, 4) is 22.5 Å². The van der Waals surface area contributed by atoms with Gasteiger partial charge in [0, 0.05) is 42.5 Å². The summed E-state index contributed by atoms with van der Waals surface area (Å²) in [6, 6.07) is 13.3. The fourth-order valence-corrected chi connectivity index (χ4v) is 3.49. The summed E-state index contributed by atoms with van der Waals surface area (Å²) in [5.41, 5.74) is 9.46. The number of anilines is 2. The summed E-state index contributed by atoms with van der Waals surface area (Å²) in [6.45, 7) is 6.67. The van der Waals surface area contributed by atoms with Gasteiger partial charge in [-0.05, 0) is 19.9 Å². The topological polar surface area (TPSA) is 86.3 Å². The van der Waals surface area contributed by atoms with E-state index >= 15 is 0 Å². The monoisotopic (exact) mass is 391 g/mol. The third-order valence-electron chi connectivity index (χ3n) is 5.03. The average Bonchev–Trinajstić information content (AvgIpc) is 2.75. The zero-order valence-corrected chi connectivity index (χ0v) is 16.7. The molecule has 1 fully saturated rings. The second-order valence-electron chi connectivity index (χ2n) is 7.35. The van der Waals surface area contributed by atoms with Gasteiger partial charge in [0.25, 0.3) is 5.56 Å². The summed E-state index contributed by atoms with van der Waals surface area (Å²) in [6.07, 6.45) is 1.85. The maximum atomic E-state index is 12.3. The van der Waals surface area contributed by atoms with Crippen LogP contribution in [0.25, 0.3) is 22.5 Å². The number of aromatic nitrogens is 3. The second kappa shape index (κ2) is 8.05. The van der Waals surface area contributed by atoms with E-state index in [1.165, 1.54) is 0 Å². The van der Waals surface area contributed by atoms with E-state index in [2.05, 4.69) is 4.90 Å². The van der Waals surface area contributed by atoms with Crippen LogP contribution < -0.4 is 16.2 Å². The maximum absolute atomic E-state index is 12.3. The normalized spacial score (nSPS) is 14.4. The third kappa shape index (κ3) is 3.86. The molecule has 0 radical (unpaired) electrons. The van der Waals surface area contributed by atoms with Gasteiger partial charge in [-0.15, -0.1) is 0 Å². The molecule has 0 amide bonds. The number of rotatable bonds is 4. The van der Waals surface area contributed by atoms with E-state index in [-0.39, 0.29) is 11.6 Å². The summed E-state index contributed by atoms with van der Waals surface area (Å²) in [5, 5.41) is 0. The Morgan fingerprint density at radius 3 is 2.34 bits per heavy atom. The van der Waals surface area contributed by atoms with E-state index in [4.69, 9.17) is 20.4 Å². The molecule has 2 aromatic heterocycles. The molecule has 1 saturated heterocycles. The molecule has 7 nitrogen and oxygen atoms in total. The van der Waals surface area contributed by atoms with Crippen LogP contribution in [0.15, 0.2) is 53.5 Å². The number of pyridine rings is 1. The van der Waals surface area contributed by atoms with Gasteiger partial charge >= 0.3 is 0 Å². The molecular weight excluding hydrogens is 366 g/mol. The van der Waals surface area contributed by atoms with Gasteiger partial charge in [0.2, 0.25) is 0 Å². The number of ether oxygens (including phenoxy) is 1. The first-order chi connectivity index (χ1) is 14.0. The van der Waals surface area contributed by atoms with Crippen LogP contribution in [0.4, 0.5) is 11.6 Å². The number of nitrogens with zero attached hydrogens (tertiary/aromatic N) is 4. The molecule has 7 heteroatoms. The summed E-state index contributed by atoms with van der Waals surface area (Å²) in [5.74, 6) is 1.05. The zero-order chi connectivity index (χ0) is 20.4. The Balaban J connectivity index is 1.92. The first kappa shape index (κ1) is 19.1. The fourth-order valence-electron chi connectivity index (χ4n) is 3.49. The van der Waals surface area contributed by atoms with Crippen molar-refractivity contribution in [3.63, 3.8) is 0 Å². The maximum Gasteiger partial charge on any atom is 0.250 e. The van der Waals surface area contributed by atoms with Gasteiger partial charge in [-0.25, -0.2) is 9.97 Å². The van der Waals surface area contributed by atoms with Crippen LogP contribution in [0.2, 0.25) is 0 Å². The van der Waals surface area contributed by atoms with Crippen molar-refractivity contribution < 1.29 is 4.74 Å². The standard InChI is InChI=1S/C22H25N5O2/c1-15(2)27-14-17(8-9-18(27)28)20-19(16-6-4-3-5-7-16)24-21(23)22(25-20)26-10-12-29-13-11-26/h3-9,14-15H,10-13H2,1-2H3,(H2,23,24). The van der Waals surface area contributed by atoms with Crippen LogP contribution in [0.1, 0.15) is 19.9 Å². The molecule has 4 rings (SSSR count). The van der Waals surface area contributed by atoms with Gasteiger partial charge in [0.1, 0.15) is 5.69 Å². The van der Waals surface area contributed by atoms with Gasteiger partial charge in [0.15, 0.2) is 11.6 Å². The molecule has 3 heterocycles. The van der Waals surface area contributed by atoms with Crippen LogP contribution in [0.5, 0.6) is 0 Å². The van der Waals surface area contributed by atoms with E-state index in [0.29, 0.717) is 49.3 Å². The molecular formula is C22H25N5O2. The molecule has 1 aromatic carbocycles. The first-order valence-electron chi connectivity index (χ1n) is 9.83. The van der Waals surface area contributed by atoms with Gasteiger partial charge in [0.05, 0.1) is 18.9 Å². The fraction of sp³-hybridized carbons (Fsp3) is 0.318. The Morgan fingerprint density at radius 2 is 1.66 bits per heavy atom. The number of benzene rings is 1. The lowest BCUT2D eigenvalue weighted by Gasteiger charge is -2.29. The SMILES string of the molecule is CC(C)n1cc(-c2nc(N3CCOCC3)c(N)nc2-c2ccccc2)ccc1=O. The lowest BCUT2D eigenvalue weighted by atomic mass is 10.0. The highest BCUT2D eigenvalue weighted by molar-refractivity contribution is 5.81. The van der Waals surface area contributed by atoms with E-state index in [1.807, 2.05) is 50.4 Å². The van der Waals surface area contributed by atoms with E-state index in [9.17, 15) is 4.79 Å². The smallest absolute Gasteiger partial charge is 0.250 e. The molecule has 2 N–H and O–H groups in total. The molecule has 150 valence electrons. The number of nitrogen functional groups attached to an aromatic ring is 1. The van der Waals surface area contributed by atoms with Crippen molar-refractivity contribution in [3.05, 3.63) is 59.0 Å². The van der Waals surface area contributed by atoms with E-state index in [0.717, 1.165) is 11.1 Å². The van der Waals surface area contributed by atoms with Crippen LogP contribution in [0, 0.1) is 0 Å². The van der Waals surface area contributed by atoms with Gasteiger partial charge < -0.3 is 19.9 Å². The number of morpholine rings is 1. The van der Waals surface area contributed by atoms with Crippen LogP contribution >= 0.6 is 0 Å². The Labute approximate surface area is 169 Å². The quantitative estimate of drug-likeness (QED) is 0.736. The number of hydrogen-bond donors (Lipinski definition) is 1. The van der Waals surface area contributed by atoms with Crippen LogP contribution in [0.3, 0.4) is 0 Å². The van der Waals surface area contributed by atoms with Crippen molar-refractivity contribution in [1.82, 2.24) is 14.5 Å². The van der Waals surface area contributed by atoms with Crippen LogP contribution in [-0.4, -0.2) is 40.8 Å². The summed E-state index contributed by atoms with van der Waals surface area (Å²) >= 11 is 0. The van der Waals surface area contributed by atoms with E-state index in [1.54, 1.807) is 16.7 Å². The second-order valence-corrected chi connectivity index (χ2v) is 7.35. The Hall–Kier alpha value is -3.19. The van der Waals surface area contributed by atoms with Crippen LogP contribution in [-0.2, 0) is 4.74 Å². The largest absolute Gasteiger partial charge is 0.381 e. The molecule has 1 aliphatic heterocycles. The minimum absolute atomic E-state index is 0.0400. The Bertz CT molecular complexity index is 1060. The molecule has 0 atom stereocenters. The molecule has 29 heavy (non-hydrogen) atoms. The number of nitrogens with two attached hydrogens (primary N) is 1. The first-order valence-corrected chi connectivity index (χ1v) is 9.83. The highest BCUT2D eigenvalue weighted by Gasteiger charge is 2.21. The van der Waals surface area contributed by atoms with Gasteiger partial charge in [-0.1, -0.05) is 30.3 Å². The Kier molecular flexibility index (Phi) is 5.31. The van der Waals surface area contributed by atoms with E-state index < -0.39 is 0 Å². The zero-order valence-electron chi connectivity index (χ0n) is 16.7. The highest BCUT2D eigenvalue weighted by atomic mass is 16.5. The predicted octanol–water partition coefficient (Wildman–Crippen LogP) is 2.97. The van der Waals surface area contributed by atoms with Gasteiger partial charge in [-0.3, -0.25) is 4.79 Å². The summed E-state index contributed by atoms with van der Waals surface area (Å²) < 4.78 is 7.16. The molecule has 1 aliphatic rings. The lowest BCUT2D eigenvalue weighted by molar-refractivity contribution is 0.122. The van der Waals surface area contributed by atoms with Crippen molar-refractivity contribution in [2.75, 3.05) is 36.9 Å². The molecule has 0 aliphatic carbocycles. The van der Waals surface area contributed by atoms with Crippen molar-refractivity contribution in [1.29, 1.82) is 0 Å². The minimum atomic E-state index is -0.0400. The average molecular weight is 391 g/mol. The van der Waals surface area contributed by atoms with Crippen molar-refractivity contribution in [2.45, 2.75) is 19.9 Å². The Morgan fingerprint density at radius 1 is 0.966 bits per heavy atom. The van der Waals surface area contributed by atoms with Crippen molar-refractivity contribution >= 4 is 11.6 Å². The molecule has 3 aromatic rings. The third-order valence-corrected chi connectivity index (χ3v) is 5.03. The lowest BCUT2D eigenvalue weighted by Crippen LogP contribution is -2.37. The summed E-state index contributed by atoms with van der Waals surface area (Å²) in [7, 11) is 0. The molecule has 0 bridgehead atoms. The minimum Gasteiger partial charge on any atom is -0.381 e. The summed E-state index contributed by atoms with van der Waals surface area (Å²) in [4.78, 5) is 24.0. The molecule has 0 unspecified atom stereocenters. The number of hydrogen-bond acceptors (Lipinski definition) is 6. The molecule has 0 saturated carbocycles. The molecule has 0 spiro atoms. The highest BCUT2D eigenvalue weighted by Crippen LogP contribution is 2.33. The predicted molar refractivity (Wildman–Crippen MR) is 115 cm³/mol. The van der Waals surface area contributed by atoms with Gasteiger partial charge in [-0.2, -0.15) is 0 Å².